The van der Waals surface area contributed by atoms with Crippen LogP contribution in [0.5, 0.6) is 5.75 Å². The molecule has 0 saturated heterocycles. The molecule has 0 N–H and O–H groups in total. The summed E-state index contributed by atoms with van der Waals surface area (Å²) in [6.07, 6.45) is 3.18. The fraction of sp³-hybridized carbons (Fsp3) is 0.647. The summed E-state index contributed by atoms with van der Waals surface area (Å²) in [5.41, 5.74) is 0.923. The summed E-state index contributed by atoms with van der Waals surface area (Å²) in [5.74, 6) is 0.423. The van der Waals surface area contributed by atoms with E-state index in [1.54, 1.807) is 6.07 Å². The first-order chi connectivity index (χ1) is 9.94. The highest BCUT2D eigenvalue weighted by molar-refractivity contribution is 5.29. The van der Waals surface area contributed by atoms with Gasteiger partial charge >= 0.3 is 6.36 Å². The van der Waals surface area contributed by atoms with Gasteiger partial charge < -0.3 is 4.74 Å². The van der Waals surface area contributed by atoms with Crippen LogP contribution in [-0.4, -0.2) is 6.36 Å². The van der Waals surface area contributed by atoms with Gasteiger partial charge in [-0.15, -0.1) is 13.2 Å². The molecule has 1 unspecified atom stereocenters. The summed E-state index contributed by atoms with van der Waals surface area (Å²) in [6, 6.07) is 6.37. The summed E-state index contributed by atoms with van der Waals surface area (Å²) in [6.45, 7) is 4.32. The Morgan fingerprint density at radius 3 is 2.43 bits per heavy atom. The van der Waals surface area contributed by atoms with Crippen LogP contribution in [0.3, 0.4) is 0 Å². The van der Waals surface area contributed by atoms with Gasteiger partial charge in [-0.05, 0) is 30.0 Å². The second kappa shape index (κ2) is 8.96. The molecule has 21 heavy (non-hydrogen) atoms. The molecule has 120 valence electrons. The molecule has 0 aliphatic rings. The molecule has 1 nitrogen and oxygen atoms in total. The Morgan fingerprint density at radius 2 is 1.81 bits per heavy atom. The Kier molecular flexibility index (Phi) is 7.62. The average molecular weight is 302 g/mol. The number of halogens is 3. The highest BCUT2D eigenvalue weighted by Gasteiger charge is 2.31. The molecule has 4 heteroatoms. The fourth-order valence-electron chi connectivity index (χ4n) is 2.64. The summed E-state index contributed by atoms with van der Waals surface area (Å²) < 4.78 is 40.7. The van der Waals surface area contributed by atoms with Crippen LogP contribution in [-0.2, 0) is 6.42 Å². The zero-order valence-corrected chi connectivity index (χ0v) is 12.9. The van der Waals surface area contributed by atoms with Crippen molar-refractivity contribution in [3.63, 3.8) is 0 Å². The SMILES string of the molecule is CCCCCC(CCC)Cc1cccc(OC(F)(F)F)c1. The zero-order valence-electron chi connectivity index (χ0n) is 12.9. The monoisotopic (exact) mass is 302 g/mol. The minimum absolute atomic E-state index is 0.121. The maximum atomic E-state index is 12.2. The summed E-state index contributed by atoms with van der Waals surface area (Å²) >= 11 is 0. The maximum absolute atomic E-state index is 12.2. The van der Waals surface area contributed by atoms with Crippen LogP contribution in [0.4, 0.5) is 13.2 Å². The van der Waals surface area contributed by atoms with Gasteiger partial charge in [0.1, 0.15) is 5.75 Å². The van der Waals surface area contributed by atoms with E-state index in [4.69, 9.17) is 0 Å². The minimum Gasteiger partial charge on any atom is -0.406 e. The van der Waals surface area contributed by atoms with E-state index < -0.39 is 6.36 Å². The molecule has 1 aromatic carbocycles. The van der Waals surface area contributed by atoms with Crippen LogP contribution in [0.15, 0.2) is 24.3 Å². The van der Waals surface area contributed by atoms with Crippen LogP contribution in [0, 0.1) is 5.92 Å². The van der Waals surface area contributed by atoms with Gasteiger partial charge in [-0.2, -0.15) is 0 Å². The van der Waals surface area contributed by atoms with E-state index in [0.717, 1.165) is 31.2 Å². The molecule has 0 saturated carbocycles. The molecular weight excluding hydrogens is 277 g/mol. The Hall–Kier alpha value is -1.19. The average Bonchev–Trinajstić information content (AvgIpc) is 2.37. The maximum Gasteiger partial charge on any atom is 0.573 e. The first kappa shape index (κ1) is 17.9. The third-order valence-corrected chi connectivity index (χ3v) is 3.57. The largest absolute Gasteiger partial charge is 0.573 e. The highest BCUT2D eigenvalue weighted by atomic mass is 19.4. The summed E-state index contributed by atoms with van der Waals surface area (Å²) in [7, 11) is 0. The normalized spacial score (nSPS) is 13.2. The molecule has 1 aromatic rings. The van der Waals surface area contributed by atoms with Gasteiger partial charge in [0.05, 0.1) is 0 Å². The smallest absolute Gasteiger partial charge is 0.406 e. The van der Waals surface area contributed by atoms with Crippen molar-refractivity contribution in [2.45, 2.75) is 65.2 Å². The molecule has 0 fully saturated rings. The van der Waals surface area contributed by atoms with Gasteiger partial charge in [-0.1, -0.05) is 64.5 Å². The van der Waals surface area contributed by atoms with Gasteiger partial charge in [0.2, 0.25) is 0 Å². The molecule has 1 rings (SSSR count). The van der Waals surface area contributed by atoms with Gasteiger partial charge in [0.25, 0.3) is 0 Å². The van der Waals surface area contributed by atoms with Crippen LogP contribution in [0.25, 0.3) is 0 Å². The topological polar surface area (TPSA) is 9.23 Å². The third kappa shape index (κ3) is 7.98. The predicted octanol–water partition coefficient (Wildman–Crippen LogP) is 6.12. The number of hydrogen-bond acceptors (Lipinski definition) is 1. The summed E-state index contributed by atoms with van der Waals surface area (Å²) in [5, 5.41) is 0. The second-order valence-corrected chi connectivity index (χ2v) is 5.55. The lowest BCUT2D eigenvalue weighted by Crippen LogP contribution is -2.17. The van der Waals surface area contributed by atoms with Crippen LogP contribution >= 0.6 is 0 Å². The molecule has 0 amide bonds. The van der Waals surface area contributed by atoms with E-state index in [1.165, 1.54) is 31.4 Å². The van der Waals surface area contributed by atoms with Crippen molar-refractivity contribution >= 4 is 0 Å². The minimum atomic E-state index is -4.62. The van der Waals surface area contributed by atoms with Crippen molar-refractivity contribution < 1.29 is 17.9 Å². The Morgan fingerprint density at radius 1 is 1.05 bits per heavy atom. The molecule has 0 aromatic heterocycles. The lowest BCUT2D eigenvalue weighted by atomic mass is 9.90. The van der Waals surface area contributed by atoms with E-state index in [9.17, 15) is 13.2 Å². The molecule has 0 aliphatic heterocycles. The van der Waals surface area contributed by atoms with E-state index in [-0.39, 0.29) is 5.75 Å². The number of benzene rings is 1. The van der Waals surface area contributed by atoms with E-state index in [1.807, 2.05) is 6.07 Å². The number of hydrogen-bond donors (Lipinski definition) is 0. The standard InChI is InChI=1S/C17H25F3O/c1-3-5-6-9-14(8-4-2)12-15-10-7-11-16(13-15)21-17(18,19)20/h7,10-11,13-14H,3-6,8-9,12H2,1-2H3. The molecule has 1 atom stereocenters. The van der Waals surface area contributed by atoms with Gasteiger partial charge in [0.15, 0.2) is 0 Å². The molecule has 0 bridgehead atoms. The molecule has 0 heterocycles. The Balaban J connectivity index is 2.63. The van der Waals surface area contributed by atoms with E-state index in [0.29, 0.717) is 5.92 Å². The highest BCUT2D eigenvalue weighted by Crippen LogP contribution is 2.26. The van der Waals surface area contributed by atoms with Gasteiger partial charge in [0, 0.05) is 0 Å². The molecule has 0 aliphatic carbocycles. The number of ether oxygens (including phenoxy) is 1. The third-order valence-electron chi connectivity index (χ3n) is 3.57. The van der Waals surface area contributed by atoms with Gasteiger partial charge in [-0.25, -0.2) is 0 Å². The van der Waals surface area contributed by atoms with Crippen LogP contribution < -0.4 is 4.74 Å². The number of unbranched alkanes of at least 4 members (excludes halogenated alkanes) is 2. The zero-order chi connectivity index (χ0) is 15.7. The Labute approximate surface area is 125 Å². The van der Waals surface area contributed by atoms with Crippen LogP contribution in [0.1, 0.15) is 57.9 Å². The number of alkyl halides is 3. The molecular formula is C17H25F3O. The van der Waals surface area contributed by atoms with Crippen molar-refractivity contribution in [1.82, 2.24) is 0 Å². The predicted molar refractivity (Wildman–Crippen MR) is 79.4 cm³/mol. The van der Waals surface area contributed by atoms with E-state index in [2.05, 4.69) is 18.6 Å². The van der Waals surface area contributed by atoms with Crippen molar-refractivity contribution in [3.05, 3.63) is 29.8 Å². The molecule has 0 radical (unpaired) electrons. The fourth-order valence-corrected chi connectivity index (χ4v) is 2.64. The van der Waals surface area contributed by atoms with Crippen molar-refractivity contribution in [2.75, 3.05) is 0 Å². The van der Waals surface area contributed by atoms with Crippen molar-refractivity contribution in [2.24, 2.45) is 5.92 Å². The quantitative estimate of drug-likeness (QED) is 0.499. The lowest BCUT2D eigenvalue weighted by Gasteiger charge is -2.17. The molecule has 0 spiro atoms. The van der Waals surface area contributed by atoms with Crippen molar-refractivity contribution in [3.8, 4) is 5.75 Å². The van der Waals surface area contributed by atoms with E-state index >= 15 is 0 Å². The number of rotatable bonds is 9. The first-order valence-corrected chi connectivity index (χ1v) is 7.79. The van der Waals surface area contributed by atoms with Gasteiger partial charge in [-0.3, -0.25) is 0 Å². The summed E-state index contributed by atoms with van der Waals surface area (Å²) in [4.78, 5) is 0. The van der Waals surface area contributed by atoms with Crippen molar-refractivity contribution in [1.29, 1.82) is 0 Å². The second-order valence-electron chi connectivity index (χ2n) is 5.55. The Bertz CT molecular complexity index is 401. The lowest BCUT2D eigenvalue weighted by molar-refractivity contribution is -0.274. The first-order valence-electron chi connectivity index (χ1n) is 7.79. The van der Waals surface area contributed by atoms with Crippen LogP contribution in [0.2, 0.25) is 0 Å².